The van der Waals surface area contributed by atoms with Crippen LogP contribution in [0.25, 0.3) is 0 Å². The number of nitrogens with zero attached hydrogens (tertiary/aromatic N) is 1. The van der Waals surface area contributed by atoms with Gasteiger partial charge in [0.25, 0.3) is 10.0 Å². The maximum absolute atomic E-state index is 12.6. The highest BCUT2D eigenvalue weighted by molar-refractivity contribution is 7.90. The highest BCUT2D eigenvalue weighted by Gasteiger charge is 2.61. The highest BCUT2D eigenvalue weighted by atomic mass is 32.2. The predicted octanol–water partition coefficient (Wildman–Crippen LogP) is 6.99. The Balaban J connectivity index is 1.24. The Morgan fingerprint density at radius 3 is 2.57 bits per heavy atom. The standard InChI is InChI=1S/C31H48N2O3S/c1-5-22-20-23-26-14-13-24(31(26,4)18-16-27(23)30(3)17-8-6-10-25(22)30)21(2)12-15-28(34)33-37(35,36)29-11-7-9-19-32-29/h7,9,11,19,21-27H,5-6,8,10,12-18,20H2,1-4H3,(H,33,34)/t21-,22+,23?,24-,25+,26?,27?,30+,31-/m1/s1. The molecule has 4 saturated carbocycles. The van der Waals surface area contributed by atoms with E-state index in [-0.39, 0.29) is 11.4 Å². The summed E-state index contributed by atoms with van der Waals surface area (Å²) in [6, 6.07) is 4.69. The van der Waals surface area contributed by atoms with Crippen molar-refractivity contribution < 1.29 is 13.2 Å². The third-order valence-corrected chi connectivity index (χ3v) is 13.3. The van der Waals surface area contributed by atoms with Crippen LogP contribution in [0.4, 0.5) is 0 Å². The Labute approximate surface area is 225 Å². The lowest BCUT2D eigenvalue weighted by atomic mass is 9.42. The summed E-state index contributed by atoms with van der Waals surface area (Å²) in [5, 5.41) is -0.105. The average Bonchev–Trinajstić information content (AvgIpc) is 3.24. The van der Waals surface area contributed by atoms with Gasteiger partial charge in [0.05, 0.1) is 0 Å². The van der Waals surface area contributed by atoms with E-state index in [1.54, 1.807) is 12.1 Å². The van der Waals surface area contributed by atoms with Gasteiger partial charge in [0.15, 0.2) is 5.03 Å². The monoisotopic (exact) mass is 528 g/mol. The van der Waals surface area contributed by atoms with Gasteiger partial charge in [-0.1, -0.05) is 53.0 Å². The van der Waals surface area contributed by atoms with E-state index >= 15 is 0 Å². The molecule has 6 heteroatoms. The van der Waals surface area contributed by atoms with E-state index in [0.717, 1.165) is 36.0 Å². The lowest BCUT2D eigenvalue weighted by Crippen LogP contribution is -2.55. The zero-order valence-electron chi connectivity index (χ0n) is 23.4. The van der Waals surface area contributed by atoms with Crippen LogP contribution in [0.2, 0.25) is 0 Å². The van der Waals surface area contributed by atoms with Crippen molar-refractivity contribution in [2.75, 3.05) is 0 Å². The van der Waals surface area contributed by atoms with E-state index in [0.29, 0.717) is 22.7 Å². The molecule has 0 saturated heterocycles. The molecule has 206 valence electrons. The van der Waals surface area contributed by atoms with Crippen LogP contribution in [0.5, 0.6) is 0 Å². The molecule has 5 nitrogen and oxygen atoms in total. The fourth-order valence-corrected chi connectivity index (χ4v) is 11.3. The molecule has 37 heavy (non-hydrogen) atoms. The lowest BCUT2D eigenvalue weighted by molar-refractivity contribution is -0.138. The molecule has 1 N–H and O–H groups in total. The summed E-state index contributed by atoms with van der Waals surface area (Å²) in [5.41, 5.74) is 0.900. The van der Waals surface area contributed by atoms with E-state index in [4.69, 9.17) is 0 Å². The topological polar surface area (TPSA) is 76.1 Å². The zero-order valence-corrected chi connectivity index (χ0v) is 24.2. The van der Waals surface area contributed by atoms with Crippen molar-refractivity contribution in [3.8, 4) is 0 Å². The van der Waals surface area contributed by atoms with Crippen LogP contribution in [0, 0.1) is 52.3 Å². The minimum atomic E-state index is -3.91. The first-order valence-corrected chi connectivity index (χ1v) is 16.5. The number of amides is 1. The van der Waals surface area contributed by atoms with Crippen LogP contribution in [0.1, 0.15) is 105 Å². The number of hydrogen-bond donors (Lipinski definition) is 1. The van der Waals surface area contributed by atoms with E-state index in [9.17, 15) is 13.2 Å². The lowest BCUT2D eigenvalue weighted by Gasteiger charge is -2.63. The van der Waals surface area contributed by atoms with Gasteiger partial charge in [0.1, 0.15) is 0 Å². The molecule has 0 aromatic carbocycles. The average molecular weight is 529 g/mol. The van der Waals surface area contributed by atoms with Crippen LogP contribution in [-0.2, 0) is 14.8 Å². The van der Waals surface area contributed by atoms with Crippen molar-refractivity contribution in [2.45, 2.75) is 110 Å². The quantitative estimate of drug-likeness (QED) is 0.414. The van der Waals surface area contributed by atoms with Crippen LogP contribution in [-0.4, -0.2) is 19.3 Å². The Morgan fingerprint density at radius 1 is 1.05 bits per heavy atom. The molecule has 1 amide bonds. The summed E-state index contributed by atoms with van der Waals surface area (Å²) >= 11 is 0. The summed E-state index contributed by atoms with van der Waals surface area (Å²) in [7, 11) is -3.91. The van der Waals surface area contributed by atoms with Crippen LogP contribution in [0.15, 0.2) is 29.4 Å². The number of fused-ring (bicyclic) bond motifs is 5. The second-order valence-corrected chi connectivity index (χ2v) is 15.2. The molecule has 9 atom stereocenters. The Hall–Kier alpha value is -1.43. The van der Waals surface area contributed by atoms with Crippen LogP contribution < -0.4 is 4.72 Å². The third-order valence-electron chi connectivity index (χ3n) is 12.0. The van der Waals surface area contributed by atoms with Gasteiger partial charge in [-0.15, -0.1) is 0 Å². The number of carbonyl (C=O) groups is 1. The Bertz CT molecular complexity index is 1080. The number of carbonyl (C=O) groups excluding carboxylic acids is 1. The van der Waals surface area contributed by atoms with Gasteiger partial charge in [0, 0.05) is 12.6 Å². The minimum Gasteiger partial charge on any atom is -0.274 e. The number of pyridine rings is 1. The van der Waals surface area contributed by atoms with E-state index in [1.807, 2.05) is 0 Å². The van der Waals surface area contributed by atoms with E-state index in [1.165, 1.54) is 76.5 Å². The first-order chi connectivity index (χ1) is 17.6. The van der Waals surface area contributed by atoms with Gasteiger partial charge in [-0.3, -0.25) is 4.79 Å². The van der Waals surface area contributed by atoms with E-state index in [2.05, 4.69) is 37.4 Å². The van der Waals surface area contributed by atoms with Gasteiger partial charge in [-0.2, -0.15) is 8.42 Å². The Morgan fingerprint density at radius 2 is 1.84 bits per heavy atom. The molecule has 4 aliphatic rings. The summed E-state index contributed by atoms with van der Waals surface area (Å²) in [6.45, 7) is 9.98. The molecule has 4 aliphatic carbocycles. The predicted molar refractivity (Wildman–Crippen MR) is 147 cm³/mol. The molecular weight excluding hydrogens is 480 g/mol. The molecule has 1 heterocycles. The number of aromatic nitrogens is 1. The highest BCUT2D eigenvalue weighted by Crippen LogP contribution is 2.69. The number of rotatable bonds is 7. The van der Waals surface area contributed by atoms with Crippen molar-refractivity contribution in [3.63, 3.8) is 0 Å². The van der Waals surface area contributed by atoms with Crippen molar-refractivity contribution in [1.29, 1.82) is 0 Å². The second kappa shape index (κ2) is 10.3. The maximum Gasteiger partial charge on any atom is 0.281 e. The number of sulfonamides is 1. The molecule has 5 rings (SSSR count). The molecule has 0 radical (unpaired) electrons. The van der Waals surface area contributed by atoms with Gasteiger partial charge < -0.3 is 0 Å². The summed E-state index contributed by atoms with van der Waals surface area (Å²) in [4.78, 5) is 16.5. The van der Waals surface area contributed by atoms with Crippen LogP contribution in [0.3, 0.4) is 0 Å². The first-order valence-electron chi connectivity index (χ1n) is 15.1. The van der Waals surface area contributed by atoms with Gasteiger partial charge >= 0.3 is 0 Å². The zero-order chi connectivity index (χ0) is 26.4. The molecule has 1 aromatic rings. The molecular formula is C31H48N2O3S. The number of nitrogens with one attached hydrogen (secondary N) is 1. The van der Waals surface area contributed by atoms with Gasteiger partial charge in [-0.05, 0) is 116 Å². The van der Waals surface area contributed by atoms with E-state index < -0.39 is 15.9 Å². The summed E-state index contributed by atoms with van der Waals surface area (Å²) in [5.74, 6) is 5.03. The molecule has 0 bridgehead atoms. The maximum atomic E-state index is 12.6. The van der Waals surface area contributed by atoms with Crippen molar-refractivity contribution in [1.82, 2.24) is 9.71 Å². The van der Waals surface area contributed by atoms with Crippen molar-refractivity contribution in [3.05, 3.63) is 24.4 Å². The van der Waals surface area contributed by atoms with Crippen LogP contribution >= 0.6 is 0 Å². The molecule has 1 aromatic heterocycles. The van der Waals surface area contributed by atoms with Crippen molar-refractivity contribution >= 4 is 15.9 Å². The fraction of sp³-hybridized carbons (Fsp3) is 0.806. The van der Waals surface area contributed by atoms with Gasteiger partial charge in [0.2, 0.25) is 5.91 Å². The summed E-state index contributed by atoms with van der Waals surface area (Å²) in [6.07, 6.45) is 16.2. The minimum absolute atomic E-state index is 0.105. The van der Waals surface area contributed by atoms with Gasteiger partial charge in [-0.25, -0.2) is 9.71 Å². The fourth-order valence-electron chi connectivity index (χ4n) is 10.3. The normalized spacial score (nSPS) is 40.2. The summed E-state index contributed by atoms with van der Waals surface area (Å²) < 4.78 is 27.2. The first kappa shape index (κ1) is 27.1. The molecule has 3 unspecified atom stereocenters. The second-order valence-electron chi connectivity index (χ2n) is 13.6. The van der Waals surface area contributed by atoms with Crippen molar-refractivity contribution in [2.24, 2.45) is 52.3 Å². The molecule has 0 spiro atoms. The molecule has 4 fully saturated rings. The molecule has 0 aliphatic heterocycles. The SMILES string of the molecule is CC[C@H]1CC2C3CC[C@H]([C@H](C)CCC(=O)NS(=O)(=O)c4ccccn4)[C@@]3(C)CCC2[C@@]2(C)CCCC[C@@H]12. The largest absolute Gasteiger partial charge is 0.281 e. The number of hydrogen-bond acceptors (Lipinski definition) is 4. The Kier molecular flexibility index (Phi) is 7.54. The smallest absolute Gasteiger partial charge is 0.274 e. The third kappa shape index (κ3) is 4.78.